The number of carboxylic acids is 1. The van der Waals surface area contributed by atoms with E-state index in [1.807, 2.05) is 0 Å². The average molecular weight is 323 g/mol. The molecular formula is C14H17N3O6. The van der Waals surface area contributed by atoms with Gasteiger partial charge in [-0.3, -0.25) is 14.9 Å². The number of nitrogens with zero attached hydrogens (tertiary/aromatic N) is 3. The van der Waals surface area contributed by atoms with Gasteiger partial charge in [0.25, 0.3) is 0 Å². The maximum absolute atomic E-state index is 11.8. The summed E-state index contributed by atoms with van der Waals surface area (Å²) in [6.45, 7) is 2.29. The summed E-state index contributed by atoms with van der Waals surface area (Å²) in [7, 11) is 1.15. The molecule has 1 aliphatic rings. The minimum atomic E-state index is -0.869. The van der Waals surface area contributed by atoms with Gasteiger partial charge in [0.05, 0.1) is 18.0 Å². The monoisotopic (exact) mass is 323 g/mol. The summed E-state index contributed by atoms with van der Waals surface area (Å²) < 4.78 is 4.61. The van der Waals surface area contributed by atoms with Crippen molar-refractivity contribution in [3.63, 3.8) is 0 Å². The zero-order chi connectivity index (χ0) is 17.1. The molecule has 9 nitrogen and oxygen atoms in total. The number of hydrogen-bond acceptors (Lipinski definition) is 7. The maximum atomic E-state index is 11.8. The van der Waals surface area contributed by atoms with Crippen molar-refractivity contribution in [2.45, 2.75) is 19.8 Å². The van der Waals surface area contributed by atoms with E-state index in [9.17, 15) is 19.7 Å². The first-order valence-electron chi connectivity index (χ1n) is 7.07. The van der Waals surface area contributed by atoms with Crippen LogP contribution in [0, 0.1) is 23.0 Å². The molecule has 2 heterocycles. The van der Waals surface area contributed by atoms with Gasteiger partial charge in [-0.05, 0) is 25.8 Å². The first-order valence-corrected chi connectivity index (χ1v) is 7.07. The molecule has 1 fully saturated rings. The molecule has 0 radical (unpaired) electrons. The van der Waals surface area contributed by atoms with Crippen molar-refractivity contribution in [3.05, 3.63) is 27.4 Å². The Kier molecular flexibility index (Phi) is 4.77. The van der Waals surface area contributed by atoms with Gasteiger partial charge < -0.3 is 14.7 Å². The van der Waals surface area contributed by atoms with Crippen LogP contribution in [-0.2, 0) is 9.53 Å². The molecular weight excluding hydrogens is 306 g/mol. The number of rotatable bonds is 4. The molecule has 1 aliphatic heterocycles. The molecule has 0 aliphatic carbocycles. The number of carbonyl (C=O) groups is 2. The summed E-state index contributed by atoms with van der Waals surface area (Å²) in [4.78, 5) is 39.4. The number of aliphatic carboxylic acids is 1. The van der Waals surface area contributed by atoms with Crippen molar-refractivity contribution in [2.75, 3.05) is 25.1 Å². The van der Waals surface area contributed by atoms with Crippen molar-refractivity contribution in [2.24, 2.45) is 5.92 Å². The molecule has 0 unspecified atom stereocenters. The van der Waals surface area contributed by atoms with Gasteiger partial charge in [0.1, 0.15) is 5.56 Å². The van der Waals surface area contributed by atoms with Crippen molar-refractivity contribution >= 4 is 23.4 Å². The van der Waals surface area contributed by atoms with Crippen LogP contribution in [0.1, 0.15) is 28.9 Å². The zero-order valence-electron chi connectivity index (χ0n) is 12.8. The van der Waals surface area contributed by atoms with Crippen molar-refractivity contribution in [3.8, 4) is 0 Å². The molecule has 1 saturated heterocycles. The number of carbonyl (C=O) groups excluding carboxylic acids is 1. The number of hydrogen-bond donors (Lipinski definition) is 1. The summed E-state index contributed by atoms with van der Waals surface area (Å²) in [6.07, 6.45) is 0.741. The predicted molar refractivity (Wildman–Crippen MR) is 79.5 cm³/mol. The molecule has 0 aromatic carbocycles. The fourth-order valence-corrected chi connectivity index (χ4v) is 2.65. The molecule has 0 saturated carbocycles. The van der Waals surface area contributed by atoms with Crippen LogP contribution in [0.5, 0.6) is 0 Å². The lowest BCUT2D eigenvalue weighted by atomic mass is 9.97. The number of pyridine rings is 1. The Bertz CT molecular complexity index is 652. The number of aryl methyl sites for hydroxylation is 1. The SMILES string of the molecule is COC(=O)c1cc(C)nc(N2CCC(C(=O)O)CC2)c1[N+](=O)[O-]. The van der Waals surface area contributed by atoms with Gasteiger partial charge in [-0.2, -0.15) is 0 Å². The van der Waals surface area contributed by atoms with Crippen LogP contribution >= 0.6 is 0 Å². The summed E-state index contributed by atoms with van der Waals surface area (Å²) in [6, 6.07) is 1.32. The van der Waals surface area contributed by atoms with Gasteiger partial charge in [-0.1, -0.05) is 0 Å². The summed E-state index contributed by atoms with van der Waals surface area (Å²) in [5.41, 5.74) is -0.108. The second kappa shape index (κ2) is 6.59. The van der Waals surface area contributed by atoms with Gasteiger partial charge >= 0.3 is 17.6 Å². The molecule has 1 N–H and O–H groups in total. The van der Waals surface area contributed by atoms with Gasteiger partial charge in [-0.25, -0.2) is 9.78 Å². The minimum Gasteiger partial charge on any atom is -0.481 e. The molecule has 0 bridgehead atoms. The summed E-state index contributed by atoms with van der Waals surface area (Å²) >= 11 is 0. The Morgan fingerprint density at radius 1 is 1.43 bits per heavy atom. The van der Waals surface area contributed by atoms with E-state index in [4.69, 9.17) is 5.11 Å². The quantitative estimate of drug-likeness (QED) is 0.501. The highest BCUT2D eigenvalue weighted by atomic mass is 16.6. The van der Waals surface area contributed by atoms with Crippen molar-refractivity contribution in [1.29, 1.82) is 0 Å². The second-order valence-electron chi connectivity index (χ2n) is 5.33. The lowest BCUT2D eigenvalue weighted by Gasteiger charge is -2.31. The molecule has 1 aromatic rings. The highest BCUT2D eigenvalue weighted by Gasteiger charge is 2.33. The third kappa shape index (κ3) is 3.38. The average Bonchev–Trinajstić information content (AvgIpc) is 2.52. The maximum Gasteiger partial charge on any atom is 0.345 e. The highest BCUT2D eigenvalue weighted by molar-refractivity contribution is 5.96. The Morgan fingerprint density at radius 3 is 2.52 bits per heavy atom. The van der Waals surface area contributed by atoms with E-state index >= 15 is 0 Å². The van der Waals surface area contributed by atoms with E-state index in [2.05, 4.69) is 9.72 Å². The Balaban J connectivity index is 2.42. The first-order chi connectivity index (χ1) is 10.8. The Hall–Kier alpha value is -2.71. The molecule has 124 valence electrons. The predicted octanol–water partition coefficient (Wildman–Crippen LogP) is 1.39. The number of ether oxygens (including phenoxy) is 1. The summed E-state index contributed by atoms with van der Waals surface area (Å²) in [5.74, 6) is -2.05. The zero-order valence-corrected chi connectivity index (χ0v) is 12.8. The normalized spacial score (nSPS) is 15.3. The standard InChI is InChI=1S/C14H17N3O6/c1-8-7-10(14(20)23-2)11(17(21)22)12(15-8)16-5-3-9(4-6-16)13(18)19/h7,9H,3-6H2,1-2H3,(H,18,19). The van der Waals surface area contributed by atoms with Crippen molar-refractivity contribution < 1.29 is 24.4 Å². The van der Waals surface area contributed by atoms with Gasteiger partial charge in [0.2, 0.25) is 5.82 Å². The van der Waals surface area contributed by atoms with E-state index in [-0.39, 0.29) is 11.4 Å². The number of nitro groups is 1. The minimum absolute atomic E-state index is 0.0826. The third-order valence-corrected chi connectivity index (χ3v) is 3.83. The van der Waals surface area contributed by atoms with Crippen molar-refractivity contribution in [1.82, 2.24) is 4.98 Å². The molecule has 0 spiro atoms. The van der Waals surface area contributed by atoms with Crippen LogP contribution in [0.25, 0.3) is 0 Å². The Morgan fingerprint density at radius 2 is 2.04 bits per heavy atom. The molecule has 2 rings (SSSR count). The third-order valence-electron chi connectivity index (χ3n) is 3.83. The largest absolute Gasteiger partial charge is 0.481 e. The molecule has 23 heavy (non-hydrogen) atoms. The number of anilines is 1. The number of esters is 1. The van der Waals surface area contributed by atoms with Crippen LogP contribution in [0.4, 0.5) is 11.5 Å². The van der Waals surface area contributed by atoms with Crippen LogP contribution in [-0.4, -0.2) is 47.2 Å². The van der Waals surface area contributed by atoms with Gasteiger partial charge in [-0.15, -0.1) is 0 Å². The summed E-state index contributed by atoms with van der Waals surface area (Å²) in [5, 5.41) is 20.5. The van der Waals surface area contributed by atoms with Crippen LogP contribution in [0.3, 0.4) is 0 Å². The van der Waals surface area contributed by atoms with E-state index < -0.39 is 28.5 Å². The van der Waals surface area contributed by atoms with E-state index in [0.717, 1.165) is 7.11 Å². The first kappa shape index (κ1) is 16.7. The van der Waals surface area contributed by atoms with E-state index in [1.165, 1.54) is 6.07 Å². The molecule has 1 aromatic heterocycles. The van der Waals surface area contributed by atoms with E-state index in [0.29, 0.717) is 31.6 Å². The van der Waals surface area contributed by atoms with Crippen LogP contribution < -0.4 is 4.90 Å². The number of piperidine rings is 1. The van der Waals surface area contributed by atoms with Gasteiger partial charge in [0, 0.05) is 18.8 Å². The number of carboxylic acid groups (broad SMARTS) is 1. The fraction of sp³-hybridized carbons (Fsp3) is 0.500. The molecule has 0 atom stereocenters. The van der Waals surface area contributed by atoms with Crippen LogP contribution in [0.15, 0.2) is 6.07 Å². The number of aromatic nitrogens is 1. The second-order valence-corrected chi connectivity index (χ2v) is 5.33. The van der Waals surface area contributed by atoms with Crippen LogP contribution in [0.2, 0.25) is 0 Å². The Labute approximate surface area is 132 Å². The molecule has 9 heteroatoms. The smallest absolute Gasteiger partial charge is 0.345 e. The fourth-order valence-electron chi connectivity index (χ4n) is 2.65. The molecule has 0 amide bonds. The lowest BCUT2D eigenvalue weighted by Crippen LogP contribution is -2.37. The van der Waals surface area contributed by atoms with Gasteiger partial charge in [0.15, 0.2) is 0 Å². The topological polar surface area (TPSA) is 123 Å². The van der Waals surface area contributed by atoms with E-state index in [1.54, 1.807) is 11.8 Å². The highest BCUT2D eigenvalue weighted by Crippen LogP contribution is 2.33. The lowest BCUT2D eigenvalue weighted by molar-refractivity contribution is -0.384. The number of methoxy groups -OCH3 is 1.